The number of nitrogens with zero attached hydrogens (tertiary/aromatic N) is 1. The highest BCUT2D eigenvalue weighted by atomic mass is 16.5. The van der Waals surface area contributed by atoms with E-state index in [9.17, 15) is 0 Å². The third-order valence-corrected chi connectivity index (χ3v) is 1.93. The average molecular weight is 157 g/mol. The van der Waals surface area contributed by atoms with Crippen molar-refractivity contribution in [3.63, 3.8) is 0 Å². The maximum atomic E-state index is 5.27. The predicted octanol–water partition coefficient (Wildman–Crippen LogP) is 1.88. The third kappa shape index (κ3) is 4.85. The van der Waals surface area contributed by atoms with Crippen molar-refractivity contribution in [2.24, 2.45) is 0 Å². The molecular formula is C9H19NO. The molecule has 0 aliphatic heterocycles. The van der Waals surface area contributed by atoms with Gasteiger partial charge < -0.3 is 9.64 Å². The molecule has 0 saturated carbocycles. The number of rotatable bonds is 5. The second-order valence-corrected chi connectivity index (χ2v) is 3.38. The molecule has 0 N–H and O–H groups in total. The topological polar surface area (TPSA) is 12.5 Å². The largest absolute Gasteiger partial charge is 0.381 e. The Bertz CT molecular complexity index is 121. The highest BCUT2D eigenvalue weighted by Crippen LogP contribution is 2.12. The summed E-state index contributed by atoms with van der Waals surface area (Å²) in [6.07, 6.45) is 2.84. The van der Waals surface area contributed by atoms with E-state index in [0.29, 0.717) is 0 Å². The second kappa shape index (κ2) is 4.39. The molecule has 0 fully saturated rings. The van der Waals surface area contributed by atoms with Gasteiger partial charge in [0, 0.05) is 20.7 Å². The Kier molecular flexibility index (Phi) is 4.19. The summed E-state index contributed by atoms with van der Waals surface area (Å²) >= 11 is 0. The zero-order valence-corrected chi connectivity index (χ0v) is 8.05. The molecule has 0 amide bonds. The van der Waals surface area contributed by atoms with E-state index in [-0.39, 0.29) is 5.60 Å². The predicted molar refractivity (Wildman–Crippen MR) is 48.5 cm³/mol. The lowest BCUT2D eigenvalue weighted by Gasteiger charge is -2.25. The Morgan fingerprint density at radius 3 is 2.45 bits per heavy atom. The van der Waals surface area contributed by atoms with Gasteiger partial charge in [-0.25, -0.2) is 0 Å². The zero-order chi connectivity index (χ0) is 8.91. The van der Waals surface area contributed by atoms with Gasteiger partial charge >= 0.3 is 0 Å². The number of hydrogen-bond acceptors (Lipinski definition) is 2. The molecule has 0 aromatic carbocycles. The second-order valence-electron chi connectivity index (χ2n) is 3.38. The minimum absolute atomic E-state index is 0.0166. The molecule has 0 aliphatic rings. The fourth-order valence-electron chi connectivity index (χ4n) is 0.639. The Balaban J connectivity index is 3.60. The van der Waals surface area contributed by atoms with Crippen molar-refractivity contribution in [2.45, 2.75) is 25.9 Å². The first kappa shape index (κ1) is 10.5. The molecular weight excluding hydrogens is 138 g/mol. The molecule has 0 unspecified atom stereocenters. The first-order chi connectivity index (χ1) is 5.02. The maximum Gasteiger partial charge on any atom is 0.0639 e. The van der Waals surface area contributed by atoms with Crippen molar-refractivity contribution in [2.75, 3.05) is 20.7 Å². The fourth-order valence-corrected chi connectivity index (χ4v) is 0.639. The molecule has 0 aromatic rings. The van der Waals surface area contributed by atoms with E-state index < -0.39 is 0 Å². The van der Waals surface area contributed by atoms with Crippen LogP contribution in [-0.4, -0.2) is 31.2 Å². The SMILES string of the molecule is C=CN(C)CCC(C)(C)OC. The lowest BCUT2D eigenvalue weighted by molar-refractivity contribution is 0.0115. The van der Waals surface area contributed by atoms with Crippen LogP contribution in [0.2, 0.25) is 0 Å². The lowest BCUT2D eigenvalue weighted by atomic mass is 10.1. The van der Waals surface area contributed by atoms with Gasteiger partial charge in [-0.15, -0.1) is 0 Å². The van der Waals surface area contributed by atoms with E-state index >= 15 is 0 Å². The number of methoxy groups -OCH3 is 1. The van der Waals surface area contributed by atoms with Gasteiger partial charge in [-0.2, -0.15) is 0 Å². The first-order valence-corrected chi connectivity index (χ1v) is 3.90. The number of hydrogen-bond donors (Lipinski definition) is 0. The van der Waals surface area contributed by atoms with Crippen molar-refractivity contribution in [3.05, 3.63) is 12.8 Å². The molecule has 0 heterocycles. The van der Waals surface area contributed by atoms with Gasteiger partial charge in [0.15, 0.2) is 0 Å². The highest BCUT2D eigenvalue weighted by molar-refractivity contribution is 4.73. The standard InChI is InChI=1S/C9H19NO/c1-6-10(4)8-7-9(2,3)11-5/h6H,1,7-8H2,2-5H3. The van der Waals surface area contributed by atoms with Gasteiger partial charge in [-0.05, 0) is 26.5 Å². The summed E-state index contributed by atoms with van der Waals surface area (Å²) in [4.78, 5) is 2.06. The van der Waals surface area contributed by atoms with Crippen LogP contribution in [0.3, 0.4) is 0 Å². The molecule has 0 spiro atoms. The minimum atomic E-state index is -0.0166. The summed E-state index contributed by atoms with van der Waals surface area (Å²) in [5.74, 6) is 0. The maximum absolute atomic E-state index is 5.27. The van der Waals surface area contributed by atoms with Gasteiger partial charge in [-0.1, -0.05) is 6.58 Å². The number of ether oxygens (including phenoxy) is 1. The monoisotopic (exact) mass is 157 g/mol. The van der Waals surface area contributed by atoms with Crippen LogP contribution in [0.15, 0.2) is 12.8 Å². The van der Waals surface area contributed by atoms with Crippen molar-refractivity contribution >= 4 is 0 Å². The molecule has 0 rings (SSSR count). The van der Waals surface area contributed by atoms with E-state index in [1.165, 1.54) is 0 Å². The molecule has 0 saturated heterocycles. The van der Waals surface area contributed by atoms with Crippen LogP contribution in [0.25, 0.3) is 0 Å². The van der Waals surface area contributed by atoms with Gasteiger partial charge in [-0.3, -0.25) is 0 Å². The first-order valence-electron chi connectivity index (χ1n) is 3.90. The molecule has 11 heavy (non-hydrogen) atoms. The van der Waals surface area contributed by atoms with E-state index in [0.717, 1.165) is 13.0 Å². The van der Waals surface area contributed by atoms with Crippen LogP contribution in [0, 0.1) is 0 Å². The van der Waals surface area contributed by atoms with Crippen LogP contribution >= 0.6 is 0 Å². The summed E-state index contributed by atoms with van der Waals surface area (Å²) < 4.78 is 5.27. The van der Waals surface area contributed by atoms with Gasteiger partial charge in [0.05, 0.1) is 5.60 Å². The van der Waals surface area contributed by atoms with E-state index in [1.54, 1.807) is 7.11 Å². The molecule has 0 atom stereocenters. The minimum Gasteiger partial charge on any atom is -0.381 e. The summed E-state index contributed by atoms with van der Waals surface area (Å²) in [7, 11) is 3.76. The van der Waals surface area contributed by atoms with Crippen LogP contribution in [0.4, 0.5) is 0 Å². The molecule has 0 bridgehead atoms. The van der Waals surface area contributed by atoms with Crippen molar-refractivity contribution in [1.29, 1.82) is 0 Å². The zero-order valence-electron chi connectivity index (χ0n) is 8.05. The van der Waals surface area contributed by atoms with Crippen molar-refractivity contribution in [3.8, 4) is 0 Å². The van der Waals surface area contributed by atoms with Crippen molar-refractivity contribution in [1.82, 2.24) is 4.90 Å². The molecule has 66 valence electrons. The van der Waals surface area contributed by atoms with Crippen molar-refractivity contribution < 1.29 is 4.74 Å². The molecule has 2 heteroatoms. The highest BCUT2D eigenvalue weighted by Gasteiger charge is 2.15. The Morgan fingerprint density at radius 1 is 1.55 bits per heavy atom. The van der Waals surface area contributed by atoms with Crippen LogP contribution in [0.5, 0.6) is 0 Å². The van der Waals surface area contributed by atoms with Gasteiger partial charge in [0.2, 0.25) is 0 Å². The third-order valence-electron chi connectivity index (χ3n) is 1.93. The Labute approximate surface area is 69.8 Å². The molecule has 0 aliphatic carbocycles. The van der Waals surface area contributed by atoms with E-state index in [4.69, 9.17) is 4.74 Å². The van der Waals surface area contributed by atoms with Gasteiger partial charge in [0.1, 0.15) is 0 Å². The molecule has 0 radical (unpaired) electrons. The summed E-state index contributed by atoms with van der Waals surface area (Å²) in [5, 5.41) is 0. The quantitative estimate of drug-likeness (QED) is 0.604. The Hall–Kier alpha value is -0.500. The van der Waals surface area contributed by atoms with Crippen LogP contribution in [-0.2, 0) is 4.74 Å². The van der Waals surface area contributed by atoms with E-state index in [1.807, 2.05) is 13.2 Å². The normalized spacial score (nSPS) is 11.3. The van der Waals surface area contributed by atoms with Gasteiger partial charge in [0.25, 0.3) is 0 Å². The van der Waals surface area contributed by atoms with Crippen LogP contribution in [0.1, 0.15) is 20.3 Å². The fraction of sp³-hybridized carbons (Fsp3) is 0.778. The lowest BCUT2D eigenvalue weighted by Crippen LogP contribution is -2.27. The summed E-state index contributed by atoms with van der Waals surface area (Å²) in [6.45, 7) is 8.84. The summed E-state index contributed by atoms with van der Waals surface area (Å²) in [5.41, 5.74) is -0.0166. The van der Waals surface area contributed by atoms with E-state index in [2.05, 4.69) is 25.3 Å². The van der Waals surface area contributed by atoms with Crippen LogP contribution < -0.4 is 0 Å². The summed E-state index contributed by atoms with van der Waals surface area (Å²) in [6, 6.07) is 0. The smallest absolute Gasteiger partial charge is 0.0639 e. The average Bonchev–Trinajstić information content (AvgIpc) is 2.00. The molecule has 2 nitrogen and oxygen atoms in total. The Morgan fingerprint density at radius 2 is 2.09 bits per heavy atom. The molecule has 0 aromatic heterocycles.